The van der Waals surface area contributed by atoms with Gasteiger partial charge in [0.25, 0.3) is 5.91 Å². The van der Waals surface area contributed by atoms with Crippen molar-refractivity contribution in [1.29, 1.82) is 0 Å². The first-order chi connectivity index (χ1) is 8.98. The van der Waals surface area contributed by atoms with E-state index in [1.54, 1.807) is 0 Å². The Labute approximate surface area is 115 Å². The Hall–Kier alpha value is -1.26. The molecule has 0 aromatic rings. The van der Waals surface area contributed by atoms with Gasteiger partial charge in [0.1, 0.15) is 23.9 Å². The minimum Gasteiger partial charge on any atom is -0.480 e. The third-order valence-corrected chi connectivity index (χ3v) is 3.20. The van der Waals surface area contributed by atoms with E-state index in [4.69, 9.17) is 15.3 Å². The molecule has 4 atom stereocenters. The monoisotopic (exact) mass is 295 g/mol. The number of hydrogen-bond donors (Lipinski definition) is 6. The predicted octanol–water partition coefficient (Wildman–Crippen LogP) is -3.26. The predicted molar refractivity (Wildman–Crippen MR) is 65.6 cm³/mol. The molecule has 0 spiro atoms. The number of carboxylic acid groups (broad SMARTS) is 1. The summed E-state index contributed by atoms with van der Waals surface area (Å²) in [4.78, 5) is 23.5. The number of likely N-dealkylation sites (N-methyl/N-ethyl adjacent to an activating group) is 1. The fraction of sp³-hybridized carbons (Fsp3) is 0.818. The van der Waals surface area contributed by atoms with Crippen molar-refractivity contribution in [3.8, 4) is 0 Å². The normalized spacial score (nSPS) is 18.0. The van der Waals surface area contributed by atoms with Crippen molar-refractivity contribution in [2.24, 2.45) is 0 Å². The van der Waals surface area contributed by atoms with Crippen LogP contribution in [-0.2, 0) is 9.59 Å². The first kappa shape index (κ1) is 18.7. The smallest absolute Gasteiger partial charge is 0.329 e. The van der Waals surface area contributed by atoms with Crippen LogP contribution < -0.4 is 0 Å². The highest BCUT2D eigenvalue weighted by Gasteiger charge is 2.41. The van der Waals surface area contributed by atoms with Gasteiger partial charge in [0.15, 0.2) is 6.10 Å². The molecular weight excluding hydrogens is 274 g/mol. The van der Waals surface area contributed by atoms with Crippen molar-refractivity contribution in [2.75, 3.05) is 13.7 Å². The summed E-state index contributed by atoms with van der Waals surface area (Å²) in [6.45, 7) is 1.55. The number of aliphatic carboxylic acids is 1. The van der Waals surface area contributed by atoms with E-state index >= 15 is 0 Å². The Morgan fingerprint density at radius 1 is 1.10 bits per heavy atom. The number of carbonyl (C=O) groups is 2. The highest BCUT2D eigenvalue weighted by atomic mass is 16.4. The van der Waals surface area contributed by atoms with Crippen LogP contribution in [-0.4, -0.2) is 91.0 Å². The first-order valence-electron chi connectivity index (χ1n) is 5.82. The molecule has 0 fully saturated rings. The van der Waals surface area contributed by atoms with Gasteiger partial charge in [0.05, 0.1) is 6.61 Å². The first-order valence-corrected chi connectivity index (χ1v) is 5.82. The average molecular weight is 295 g/mol. The minimum absolute atomic E-state index is 0.696. The van der Waals surface area contributed by atoms with Crippen LogP contribution in [0, 0.1) is 0 Å². The lowest BCUT2D eigenvalue weighted by Gasteiger charge is -2.35. The second kappa shape index (κ2) is 6.95. The van der Waals surface area contributed by atoms with E-state index in [2.05, 4.69) is 0 Å². The van der Waals surface area contributed by atoms with Gasteiger partial charge in [-0.2, -0.15) is 0 Å². The SMILES string of the molecule is CN(C(=O)[C@@H](O)[C@@H](O)[C@H](O)[C@H](O)CO)C(C)(C)C(=O)O. The minimum atomic E-state index is -2.14. The molecule has 0 heterocycles. The van der Waals surface area contributed by atoms with Gasteiger partial charge >= 0.3 is 5.97 Å². The molecule has 6 N–H and O–H groups in total. The summed E-state index contributed by atoms with van der Waals surface area (Å²) in [5.41, 5.74) is -1.64. The van der Waals surface area contributed by atoms with Crippen molar-refractivity contribution < 1.29 is 40.2 Å². The van der Waals surface area contributed by atoms with E-state index in [1.807, 2.05) is 0 Å². The van der Waals surface area contributed by atoms with Gasteiger partial charge in [-0.15, -0.1) is 0 Å². The number of carbonyl (C=O) groups excluding carboxylic acids is 1. The number of nitrogens with zero attached hydrogens (tertiary/aromatic N) is 1. The molecule has 0 saturated carbocycles. The summed E-state index contributed by atoms with van der Waals surface area (Å²) in [6, 6.07) is 0. The van der Waals surface area contributed by atoms with E-state index in [0.717, 1.165) is 7.05 Å². The lowest BCUT2D eigenvalue weighted by molar-refractivity contribution is -0.168. The van der Waals surface area contributed by atoms with Gasteiger partial charge in [-0.1, -0.05) is 0 Å². The topological polar surface area (TPSA) is 159 Å². The van der Waals surface area contributed by atoms with Crippen molar-refractivity contribution in [1.82, 2.24) is 4.90 Å². The highest BCUT2D eigenvalue weighted by molar-refractivity contribution is 5.88. The lowest BCUT2D eigenvalue weighted by atomic mass is 9.99. The Morgan fingerprint density at radius 3 is 1.90 bits per heavy atom. The summed E-state index contributed by atoms with van der Waals surface area (Å²) in [6.07, 6.45) is -7.92. The molecule has 1 amide bonds. The fourth-order valence-electron chi connectivity index (χ4n) is 1.29. The maximum atomic E-state index is 11.8. The van der Waals surface area contributed by atoms with Gasteiger partial charge in [0.2, 0.25) is 0 Å². The van der Waals surface area contributed by atoms with Crippen LogP contribution >= 0.6 is 0 Å². The summed E-state index contributed by atoms with van der Waals surface area (Å²) >= 11 is 0. The number of aliphatic hydroxyl groups excluding tert-OH is 5. The van der Waals surface area contributed by atoms with Crippen LogP contribution in [0.2, 0.25) is 0 Å². The van der Waals surface area contributed by atoms with Crippen molar-refractivity contribution in [3.05, 3.63) is 0 Å². The molecule has 0 bridgehead atoms. The van der Waals surface area contributed by atoms with Gasteiger partial charge in [-0.05, 0) is 13.8 Å². The van der Waals surface area contributed by atoms with Crippen molar-refractivity contribution in [3.63, 3.8) is 0 Å². The Morgan fingerprint density at radius 2 is 1.55 bits per heavy atom. The number of amides is 1. The summed E-state index contributed by atoms with van der Waals surface area (Å²) in [5.74, 6) is -2.47. The zero-order valence-corrected chi connectivity index (χ0v) is 11.5. The Balaban J connectivity index is 4.98. The van der Waals surface area contributed by atoms with Gasteiger partial charge in [-0.25, -0.2) is 4.79 Å². The molecule has 0 aliphatic rings. The number of hydrogen-bond acceptors (Lipinski definition) is 7. The maximum Gasteiger partial charge on any atom is 0.329 e. The molecule has 0 aromatic carbocycles. The molecule has 0 rings (SSSR count). The molecule has 0 aliphatic heterocycles. The van der Waals surface area contributed by atoms with Gasteiger partial charge in [-0.3, -0.25) is 4.79 Å². The molecule has 0 aromatic heterocycles. The molecule has 9 heteroatoms. The molecule has 0 unspecified atom stereocenters. The number of aliphatic hydroxyl groups is 5. The summed E-state index contributed by atoms with van der Waals surface area (Å²) < 4.78 is 0. The molecule has 9 nitrogen and oxygen atoms in total. The van der Waals surface area contributed by atoms with Crippen LogP contribution in [0.15, 0.2) is 0 Å². The highest BCUT2D eigenvalue weighted by Crippen LogP contribution is 2.16. The second-order valence-electron chi connectivity index (χ2n) is 4.94. The molecule has 0 aliphatic carbocycles. The van der Waals surface area contributed by atoms with E-state index in [0.29, 0.717) is 4.90 Å². The molecule has 0 saturated heterocycles. The van der Waals surface area contributed by atoms with Crippen molar-refractivity contribution >= 4 is 11.9 Å². The number of carboxylic acids is 1. The summed E-state index contributed by atoms with van der Waals surface area (Å²) in [7, 11) is 1.11. The molecule has 0 radical (unpaired) electrons. The summed E-state index contributed by atoms with van der Waals surface area (Å²) in [5, 5.41) is 55.3. The lowest BCUT2D eigenvalue weighted by Crippen LogP contribution is -2.58. The largest absolute Gasteiger partial charge is 0.480 e. The average Bonchev–Trinajstić information content (AvgIpc) is 2.41. The maximum absolute atomic E-state index is 11.8. The Bertz CT molecular complexity index is 358. The van der Waals surface area contributed by atoms with Crippen LogP contribution in [0.4, 0.5) is 0 Å². The zero-order valence-electron chi connectivity index (χ0n) is 11.5. The third kappa shape index (κ3) is 3.87. The van der Waals surface area contributed by atoms with Crippen LogP contribution in [0.25, 0.3) is 0 Å². The molecular formula is C11H21NO8. The third-order valence-electron chi connectivity index (χ3n) is 3.20. The van der Waals surface area contributed by atoms with Gasteiger partial charge < -0.3 is 35.5 Å². The van der Waals surface area contributed by atoms with Gasteiger partial charge in [0, 0.05) is 7.05 Å². The van der Waals surface area contributed by atoms with E-state index in [-0.39, 0.29) is 0 Å². The molecule has 20 heavy (non-hydrogen) atoms. The van der Waals surface area contributed by atoms with Crippen LogP contribution in [0.3, 0.4) is 0 Å². The standard InChI is InChI=1S/C11H21NO8/c1-11(2,10(19)20)12(3)9(18)8(17)7(16)6(15)5(14)4-13/h5-8,13-17H,4H2,1-3H3,(H,19,20)/t5-,6-,7+,8+/m1/s1. The van der Waals surface area contributed by atoms with E-state index in [1.165, 1.54) is 13.8 Å². The Kier molecular flexibility index (Phi) is 6.51. The van der Waals surface area contributed by atoms with E-state index < -0.39 is 48.4 Å². The fourth-order valence-corrected chi connectivity index (χ4v) is 1.29. The van der Waals surface area contributed by atoms with Crippen LogP contribution in [0.1, 0.15) is 13.8 Å². The van der Waals surface area contributed by atoms with E-state index in [9.17, 15) is 24.9 Å². The number of rotatable bonds is 7. The van der Waals surface area contributed by atoms with Crippen LogP contribution in [0.5, 0.6) is 0 Å². The molecule has 118 valence electrons. The second-order valence-corrected chi connectivity index (χ2v) is 4.94. The zero-order chi connectivity index (χ0) is 16.2. The van der Waals surface area contributed by atoms with Crippen molar-refractivity contribution in [2.45, 2.75) is 43.8 Å². The quantitative estimate of drug-likeness (QED) is 0.285.